The molecule has 3 aliphatic rings. The maximum absolute atomic E-state index is 13.0. The van der Waals surface area contributed by atoms with Crippen molar-refractivity contribution in [2.24, 2.45) is 11.3 Å². The smallest absolute Gasteiger partial charge is 0.253 e. The number of nitrogens with zero attached hydrogens (tertiary/aromatic N) is 2. The molecule has 3 fully saturated rings. The predicted molar refractivity (Wildman–Crippen MR) is 97.2 cm³/mol. The lowest BCUT2D eigenvalue weighted by Crippen LogP contribution is -2.47. The van der Waals surface area contributed by atoms with E-state index in [1.54, 1.807) is 0 Å². The second-order valence-electron chi connectivity index (χ2n) is 8.09. The molecule has 2 aliphatic heterocycles. The first kappa shape index (κ1) is 16.6. The van der Waals surface area contributed by atoms with Gasteiger partial charge in [0.1, 0.15) is 0 Å². The Morgan fingerprint density at radius 2 is 1.64 bits per heavy atom. The molecule has 2 amide bonds. The highest BCUT2D eigenvalue weighted by Gasteiger charge is 2.48. The Bertz CT molecular complexity index is 629. The Kier molecular flexibility index (Phi) is 4.53. The molecular formula is C21H28N2O2. The highest BCUT2D eigenvalue weighted by atomic mass is 16.2. The van der Waals surface area contributed by atoms with E-state index in [2.05, 4.69) is 4.90 Å². The van der Waals surface area contributed by atoms with Crippen molar-refractivity contribution < 1.29 is 9.59 Å². The number of piperidine rings is 1. The molecule has 4 heteroatoms. The minimum Gasteiger partial charge on any atom is -0.342 e. The van der Waals surface area contributed by atoms with E-state index in [1.165, 1.54) is 25.7 Å². The molecule has 1 saturated carbocycles. The molecular weight excluding hydrogens is 312 g/mol. The molecule has 0 aromatic heterocycles. The van der Waals surface area contributed by atoms with Crippen molar-refractivity contribution in [3.8, 4) is 0 Å². The molecule has 2 heterocycles. The fourth-order valence-electron chi connectivity index (χ4n) is 4.94. The summed E-state index contributed by atoms with van der Waals surface area (Å²) in [7, 11) is 0. The zero-order valence-electron chi connectivity index (χ0n) is 15.0. The van der Waals surface area contributed by atoms with Crippen LogP contribution in [0.4, 0.5) is 0 Å². The third-order valence-electron chi connectivity index (χ3n) is 6.58. The van der Waals surface area contributed by atoms with Gasteiger partial charge in [-0.3, -0.25) is 9.59 Å². The van der Waals surface area contributed by atoms with Crippen LogP contribution in [0.5, 0.6) is 0 Å². The number of carbonyl (C=O) groups excluding carboxylic acids is 2. The topological polar surface area (TPSA) is 40.6 Å². The van der Waals surface area contributed by atoms with Gasteiger partial charge in [0.05, 0.1) is 5.41 Å². The van der Waals surface area contributed by atoms with Crippen LogP contribution in [0.1, 0.15) is 55.3 Å². The summed E-state index contributed by atoms with van der Waals surface area (Å²) in [5.74, 6) is 1.19. The van der Waals surface area contributed by atoms with Crippen molar-refractivity contribution in [1.82, 2.24) is 9.80 Å². The molecule has 0 radical (unpaired) electrons. The summed E-state index contributed by atoms with van der Waals surface area (Å²) < 4.78 is 0. The number of hydrogen-bond donors (Lipinski definition) is 0. The van der Waals surface area contributed by atoms with Gasteiger partial charge in [-0.2, -0.15) is 0 Å². The molecule has 0 bridgehead atoms. The van der Waals surface area contributed by atoms with Gasteiger partial charge in [-0.1, -0.05) is 31.0 Å². The van der Waals surface area contributed by atoms with E-state index in [0.29, 0.717) is 19.0 Å². The van der Waals surface area contributed by atoms with Crippen molar-refractivity contribution in [3.05, 3.63) is 35.9 Å². The van der Waals surface area contributed by atoms with Crippen LogP contribution in [0.3, 0.4) is 0 Å². The summed E-state index contributed by atoms with van der Waals surface area (Å²) >= 11 is 0. The van der Waals surface area contributed by atoms with E-state index in [1.807, 2.05) is 35.2 Å². The van der Waals surface area contributed by atoms with Gasteiger partial charge in [0.2, 0.25) is 5.91 Å². The van der Waals surface area contributed by atoms with E-state index in [9.17, 15) is 9.59 Å². The Hall–Kier alpha value is -1.84. The second-order valence-corrected chi connectivity index (χ2v) is 8.09. The summed E-state index contributed by atoms with van der Waals surface area (Å²) in [6, 6.07) is 9.48. The highest BCUT2D eigenvalue weighted by Crippen LogP contribution is 2.42. The van der Waals surface area contributed by atoms with E-state index in [-0.39, 0.29) is 11.3 Å². The molecule has 1 aromatic carbocycles. The van der Waals surface area contributed by atoms with Gasteiger partial charge in [-0.25, -0.2) is 0 Å². The molecule has 1 aliphatic carbocycles. The van der Waals surface area contributed by atoms with Crippen LogP contribution in [-0.2, 0) is 4.79 Å². The largest absolute Gasteiger partial charge is 0.342 e. The summed E-state index contributed by atoms with van der Waals surface area (Å²) in [6.45, 7) is 3.29. The van der Waals surface area contributed by atoms with E-state index in [0.717, 1.165) is 43.8 Å². The minimum absolute atomic E-state index is 0.101. The van der Waals surface area contributed by atoms with Gasteiger partial charge in [-0.15, -0.1) is 0 Å². The lowest BCUT2D eigenvalue weighted by molar-refractivity contribution is -0.138. The maximum atomic E-state index is 13.0. The fraction of sp³-hybridized carbons (Fsp3) is 0.619. The van der Waals surface area contributed by atoms with Gasteiger partial charge < -0.3 is 9.80 Å². The number of hydrogen-bond acceptors (Lipinski definition) is 2. The minimum atomic E-state index is -0.188. The maximum Gasteiger partial charge on any atom is 0.253 e. The molecule has 2 saturated heterocycles. The highest BCUT2D eigenvalue weighted by molar-refractivity contribution is 5.94. The van der Waals surface area contributed by atoms with Crippen LogP contribution in [0.15, 0.2) is 30.3 Å². The molecule has 4 rings (SSSR count). The SMILES string of the molecule is O=C(c1ccccc1)N1CCC2(CC1)CCN(CC1CCCC1)C2=O. The van der Waals surface area contributed by atoms with Crippen LogP contribution < -0.4 is 0 Å². The average molecular weight is 340 g/mol. The van der Waals surface area contributed by atoms with E-state index >= 15 is 0 Å². The van der Waals surface area contributed by atoms with Crippen LogP contribution >= 0.6 is 0 Å². The van der Waals surface area contributed by atoms with Crippen molar-refractivity contribution in [2.75, 3.05) is 26.2 Å². The fourth-order valence-corrected chi connectivity index (χ4v) is 4.94. The van der Waals surface area contributed by atoms with Crippen molar-refractivity contribution >= 4 is 11.8 Å². The Balaban J connectivity index is 1.36. The second kappa shape index (κ2) is 6.81. The lowest BCUT2D eigenvalue weighted by Gasteiger charge is -2.38. The summed E-state index contributed by atoms with van der Waals surface area (Å²) in [5.41, 5.74) is 0.561. The number of amides is 2. The third kappa shape index (κ3) is 3.19. The van der Waals surface area contributed by atoms with Crippen LogP contribution in [0.25, 0.3) is 0 Å². The van der Waals surface area contributed by atoms with Gasteiger partial charge >= 0.3 is 0 Å². The first-order chi connectivity index (χ1) is 12.2. The molecule has 0 unspecified atom stereocenters. The lowest BCUT2D eigenvalue weighted by atomic mass is 9.77. The Morgan fingerprint density at radius 1 is 1.00 bits per heavy atom. The summed E-state index contributed by atoms with van der Waals surface area (Å²) in [6.07, 6.45) is 7.86. The number of likely N-dealkylation sites (tertiary alicyclic amines) is 2. The predicted octanol–water partition coefficient (Wildman–Crippen LogP) is 3.33. The standard InChI is InChI=1S/C21H28N2O2/c24-19(18-8-2-1-3-9-18)22-13-10-21(11-14-22)12-15-23(20(21)25)16-17-6-4-5-7-17/h1-3,8-9,17H,4-7,10-16H2. The third-order valence-corrected chi connectivity index (χ3v) is 6.58. The first-order valence-electron chi connectivity index (χ1n) is 9.82. The Morgan fingerprint density at radius 3 is 2.32 bits per heavy atom. The molecule has 4 nitrogen and oxygen atoms in total. The zero-order valence-corrected chi connectivity index (χ0v) is 15.0. The molecule has 0 atom stereocenters. The first-order valence-corrected chi connectivity index (χ1v) is 9.82. The number of rotatable bonds is 3. The average Bonchev–Trinajstić information content (AvgIpc) is 3.27. The molecule has 0 N–H and O–H groups in total. The van der Waals surface area contributed by atoms with Gasteiger partial charge in [0.15, 0.2) is 0 Å². The van der Waals surface area contributed by atoms with Gasteiger partial charge in [0, 0.05) is 31.7 Å². The Labute approximate surface area is 150 Å². The van der Waals surface area contributed by atoms with Crippen molar-refractivity contribution in [1.29, 1.82) is 0 Å². The quantitative estimate of drug-likeness (QED) is 0.847. The van der Waals surface area contributed by atoms with Gasteiger partial charge in [0.25, 0.3) is 5.91 Å². The van der Waals surface area contributed by atoms with Crippen LogP contribution in [0.2, 0.25) is 0 Å². The van der Waals surface area contributed by atoms with Crippen molar-refractivity contribution in [2.45, 2.75) is 44.9 Å². The van der Waals surface area contributed by atoms with Gasteiger partial charge in [-0.05, 0) is 50.2 Å². The van der Waals surface area contributed by atoms with Crippen LogP contribution in [-0.4, -0.2) is 47.8 Å². The zero-order chi connectivity index (χ0) is 17.3. The number of benzene rings is 1. The molecule has 1 aromatic rings. The monoisotopic (exact) mass is 340 g/mol. The van der Waals surface area contributed by atoms with E-state index in [4.69, 9.17) is 0 Å². The molecule has 134 valence electrons. The van der Waals surface area contributed by atoms with E-state index < -0.39 is 0 Å². The van der Waals surface area contributed by atoms with Crippen LogP contribution in [0, 0.1) is 11.3 Å². The molecule has 1 spiro atoms. The summed E-state index contributed by atoms with van der Waals surface area (Å²) in [4.78, 5) is 29.7. The summed E-state index contributed by atoms with van der Waals surface area (Å²) in [5, 5.41) is 0. The normalized spacial score (nSPS) is 23.6. The number of carbonyl (C=O) groups is 2. The van der Waals surface area contributed by atoms with Crippen molar-refractivity contribution in [3.63, 3.8) is 0 Å². The molecule has 25 heavy (non-hydrogen) atoms.